The van der Waals surface area contributed by atoms with Crippen molar-refractivity contribution in [1.82, 2.24) is 0 Å². The number of amides is 1. The summed E-state index contributed by atoms with van der Waals surface area (Å²) in [6, 6.07) is 12.5. The van der Waals surface area contributed by atoms with Gasteiger partial charge in [-0.3, -0.25) is 4.79 Å². The van der Waals surface area contributed by atoms with Gasteiger partial charge in [0.2, 0.25) is 0 Å². The minimum absolute atomic E-state index is 0.238. The molecule has 1 amide bonds. The third-order valence-electron chi connectivity index (χ3n) is 4.49. The maximum absolute atomic E-state index is 12.6. The summed E-state index contributed by atoms with van der Waals surface area (Å²) < 4.78 is 16.0. The van der Waals surface area contributed by atoms with Crippen LogP contribution in [0.2, 0.25) is 0 Å². The van der Waals surface area contributed by atoms with Gasteiger partial charge in [0.25, 0.3) is 5.91 Å². The molecule has 0 bridgehead atoms. The molecule has 0 radical (unpaired) electrons. The summed E-state index contributed by atoms with van der Waals surface area (Å²) >= 11 is 0. The Balaban J connectivity index is 1.64. The van der Waals surface area contributed by atoms with Gasteiger partial charge in [0, 0.05) is 12.2 Å². The van der Waals surface area contributed by atoms with Gasteiger partial charge in [-0.1, -0.05) is 30.9 Å². The number of carbonyl (C=O) groups is 2. The zero-order chi connectivity index (χ0) is 19.9. The lowest BCUT2D eigenvalue weighted by atomic mass is 10.0. The third-order valence-corrected chi connectivity index (χ3v) is 4.49. The van der Waals surface area contributed by atoms with E-state index in [2.05, 4.69) is 6.58 Å². The molecule has 146 valence electrons. The maximum atomic E-state index is 12.6. The van der Waals surface area contributed by atoms with E-state index in [1.807, 2.05) is 24.3 Å². The summed E-state index contributed by atoms with van der Waals surface area (Å²) in [7, 11) is 1.49. The van der Waals surface area contributed by atoms with E-state index in [0.29, 0.717) is 24.7 Å². The number of fused-ring (bicyclic) bond motifs is 1. The summed E-state index contributed by atoms with van der Waals surface area (Å²) in [5.74, 6) is 0.0816. The molecule has 0 spiro atoms. The predicted octanol–water partition coefficient (Wildman–Crippen LogP) is 3.40. The Morgan fingerprint density at radius 2 is 2.00 bits per heavy atom. The van der Waals surface area contributed by atoms with Crippen molar-refractivity contribution in [2.24, 2.45) is 0 Å². The topological polar surface area (TPSA) is 65.1 Å². The second-order valence-electron chi connectivity index (χ2n) is 6.32. The fourth-order valence-corrected chi connectivity index (χ4v) is 3.14. The van der Waals surface area contributed by atoms with Gasteiger partial charge in [-0.15, -0.1) is 0 Å². The first-order valence-corrected chi connectivity index (χ1v) is 9.11. The highest BCUT2D eigenvalue weighted by Crippen LogP contribution is 2.29. The van der Waals surface area contributed by atoms with Gasteiger partial charge in [-0.25, -0.2) is 4.79 Å². The van der Waals surface area contributed by atoms with E-state index in [0.717, 1.165) is 24.1 Å². The Morgan fingerprint density at radius 1 is 1.18 bits per heavy atom. The van der Waals surface area contributed by atoms with Crippen LogP contribution in [0.4, 0.5) is 5.69 Å². The summed E-state index contributed by atoms with van der Waals surface area (Å²) in [6.45, 7) is 4.23. The van der Waals surface area contributed by atoms with Crippen molar-refractivity contribution in [3.8, 4) is 11.5 Å². The summed E-state index contributed by atoms with van der Waals surface area (Å²) in [6.07, 6.45) is 3.45. The molecule has 3 rings (SSSR count). The number of benzene rings is 2. The molecule has 0 N–H and O–H groups in total. The molecule has 0 saturated heterocycles. The molecule has 0 fully saturated rings. The molecule has 6 heteroatoms. The van der Waals surface area contributed by atoms with Gasteiger partial charge in [0.15, 0.2) is 18.1 Å². The first-order valence-electron chi connectivity index (χ1n) is 9.11. The Labute approximate surface area is 164 Å². The number of hydrogen-bond acceptors (Lipinski definition) is 5. The molecule has 0 aliphatic carbocycles. The van der Waals surface area contributed by atoms with Crippen LogP contribution in [-0.4, -0.2) is 38.7 Å². The number of ether oxygens (including phenoxy) is 3. The number of para-hydroxylation sites is 1. The van der Waals surface area contributed by atoms with Crippen molar-refractivity contribution in [3.63, 3.8) is 0 Å². The second kappa shape index (κ2) is 9.08. The highest BCUT2D eigenvalue weighted by molar-refractivity contribution is 5.98. The van der Waals surface area contributed by atoms with E-state index >= 15 is 0 Å². The number of anilines is 1. The standard InChI is InChI=1S/C22H23NO5/c1-3-13-27-19-11-10-17(14-20(19)26-2)22(25)28-15-21(24)23-12-6-8-16-7-4-5-9-18(16)23/h3-5,7,9-11,14H,1,6,8,12-13,15H2,2H3. The van der Waals surface area contributed by atoms with Crippen molar-refractivity contribution in [2.75, 3.05) is 31.8 Å². The van der Waals surface area contributed by atoms with E-state index in [-0.39, 0.29) is 18.1 Å². The van der Waals surface area contributed by atoms with E-state index in [1.165, 1.54) is 13.2 Å². The Hall–Kier alpha value is -3.28. The average molecular weight is 381 g/mol. The van der Waals surface area contributed by atoms with E-state index < -0.39 is 5.97 Å². The van der Waals surface area contributed by atoms with E-state index in [1.54, 1.807) is 23.1 Å². The third kappa shape index (κ3) is 4.34. The fourth-order valence-electron chi connectivity index (χ4n) is 3.14. The summed E-state index contributed by atoms with van der Waals surface area (Å²) in [4.78, 5) is 26.6. The highest BCUT2D eigenvalue weighted by atomic mass is 16.5. The zero-order valence-electron chi connectivity index (χ0n) is 15.8. The lowest BCUT2D eigenvalue weighted by Crippen LogP contribution is -2.38. The maximum Gasteiger partial charge on any atom is 0.338 e. The molecule has 28 heavy (non-hydrogen) atoms. The van der Waals surface area contributed by atoms with Gasteiger partial charge in [-0.05, 0) is 42.7 Å². The Morgan fingerprint density at radius 3 is 2.79 bits per heavy atom. The van der Waals surface area contributed by atoms with Crippen LogP contribution in [-0.2, 0) is 16.0 Å². The second-order valence-corrected chi connectivity index (χ2v) is 6.32. The molecule has 1 heterocycles. The molecule has 0 atom stereocenters. The average Bonchev–Trinajstić information content (AvgIpc) is 2.75. The van der Waals surface area contributed by atoms with Crippen LogP contribution in [0.5, 0.6) is 11.5 Å². The molecular weight excluding hydrogens is 358 g/mol. The van der Waals surface area contributed by atoms with Gasteiger partial charge >= 0.3 is 5.97 Å². The number of rotatable bonds is 7. The SMILES string of the molecule is C=CCOc1ccc(C(=O)OCC(=O)N2CCCc3ccccc32)cc1OC. The van der Waals surface area contributed by atoms with Gasteiger partial charge in [0.1, 0.15) is 6.61 Å². The highest BCUT2D eigenvalue weighted by Gasteiger charge is 2.23. The zero-order valence-corrected chi connectivity index (χ0v) is 15.8. The molecular formula is C22H23NO5. The molecule has 2 aromatic rings. The van der Waals surface area contributed by atoms with E-state index in [4.69, 9.17) is 14.2 Å². The molecule has 1 aliphatic heterocycles. The first kappa shape index (κ1) is 19.5. The van der Waals surface area contributed by atoms with Crippen molar-refractivity contribution in [2.45, 2.75) is 12.8 Å². The number of carbonyl (C=O) groups excluding carboxylic acids is 2. The van der Waals surface area contributed by atoms with Crippen molar-refractivity contribution in [3.05, 3.63) is 66.2 Å². The van der Waals surface area contributed by atoms with Crippen molar-refractivity contribution in [1.29, 1.82) is 0 Å². The van der Waals surface area contributed by atoms with Gasteiger partial charge < -0.3 is 19.1 Å². The number of esters is 1. The van der Waals surface area contributed by atoms with Gasteiger partial charge in [-0.2, -0.15) is 0 Å². The summed E-state index contributed by atoms with van der Waals surface area (Å²) in [5.41, 5.74) is 2.31. The largest absolute Gasteiger partial charge is 0.493 e. The smallest absolute Gasteiger partial charge is 0.338 e. The predicted molar refractivity (Wildman–Crippen MR) is 106 cm³/mol. The first-order chi connectivity index (χ1) is 13.6. The lowest BCUT2D eigenvalue weighted by molar-refractivity contribution is -0.121. The quantitative estimate of drug-likeness (QED) is 0.543. The molecule has 0 saturated carbocycles. The van der Waals surface area contributed by atoms with Crippen LogP contribution < -0.4 is 14.4 Å². The van der Waals surface area contributed by atoms with Crippen LogP contribution in [0.15, 0.2) is 55.1 Å². The molecule has 1 aliphatic rings. The minimum atomic E-state index is -0.591. The van der Waals surface area contributed by atoms with Crippen LogP contribution in [0.25, 0.3) is 0 Å². The molecule has 0 aromatic heterocycles. The number of hydrogen-bond donors (Lipinski definition) is 0. The van der Waals surface area contributed by atoms with Crippen LogP contribution in [0, 0.1) is 0 Å². The van der Waals surface area contributed by atoms with Crippen LogP contribution in [0.3, 0.4) is 0 Å². The Bertz CT molecular complexity index is 877. The molecule has 2 aromatic carbocycles. The van der Waals surface area contributed by atoms with Crippen molar-refractivity contribution < 1.29 is 23.8 Å². The number of nitrogens with zero attached hydrogens (tertiary/aromatic N) is 1. The number of aryl methyl sites for hydroxylation is 1. The fraction of sp³-hybridized carbons (Fsp3) is 0.273. The monoisotopic (exact) mass is 381 g/mol. The molecule has 0 unspecified atom stereocenters. The number of methoxy groups -OCH3 is 1. The van der Waals surface area contributed by atoms with Gasteiger partial charge in [0.05, 0.1) is 12.7 Å². The molecule has 6 nitrogen and oxygen atoms in total. The van der Waals surface area contributed by atoms with E-state index in [9.17, 15) is 9.59 Å². The summed E-state index contributed by atoms with van der Waals surface area (Å²) in [5, 5.41) is 0. The lowest BCUT2D eigenvalue weighted by Gasteiger charge is -2.29. The Kier molecular flexibility index (Phi) is 6.32. The van der Waals surface area contributed by atoms with Crippen molar-refractivity contribution >= 4 is 17.6 Å². The normalized spacial score (nSPS) is 12.7. The van der Waals surface area contributed by atoms with Crippen LogP contribution in [0.1, 0.15) is 22.3 Å². The van der Waals surface area contributed by atoms with Crippen LogP contribution >= 0.6 is 0 Å². The minimum Gasteiger partial charge on any atom is -0.493 e.